The van der Waals surface area contributed by atoms with Gasteiger partial charge in [-0.25, -0.2) is 15.0 Å². The molecule has 0 fully saturated rings. The molecule has 0 radical (unpaired) electrons. The maximum Gasteiger partial charge on any atom is 0.164 e. The van der Waals surface area contributed by atoms with Crippen LogP contribution >= 0.6 is 0 Å². The topological polar surface area (TPSA) is 75.6 Å². The van der Waals surface area contributed by atoms with Gasteiger partial charge in [0.25, 0.3) is 0 Å². The first-order valence-corrected chi connectivity index (χ1v) is 16.1. The van der Waals surface area contributed by atoms with Gasteiger partial charge in [-0.2, -0.15) is 5.26 Å². The molecule has 49 heavy (non-hydrogen) atoms. The first-order valence-electron chi connectivity index (χ1n) is 16.1. The molecule has 0 saturated carbocycles. The van der Waals surface area contributed by atoms with Crippen molar-refractivity contribution >= 4 is 32.7 Å². The van der Waals surface area contributed by atoms with Crippen LogP contribution in [0.15, 0.2) is 162 Å². The molecule has 0 aliphatic rings. The van der Waals surface area contributed by atoms with E-state index in [4.69, 9.17) is 19.4 Å². The molecule has 0 saturated heterocycles. The second kappa shape index (κ2) is 11.7. The molecule has 9 rings (SSSR count). The van der Waals surface area contributed by atoms with Crippen LogP contribution in [-0.4, -0.2) is 15.0 Å². The quantitative estimate of drug-likeness (QED) is 0.190. The van der Waals surface area contributed by atoms with Crippen LogP contribution in [-0.2, 0) is 0 Å². The van der Waals surface area contributed by atoms with E-state index in [1.165, 1.54) is 0 Å². The van der Waals surface area contributed by atoms with Gasteiger partial charge in [0.05, 0.1) is 11.6 Å². The SMILES string of the molecule is N#Cc1ccc(-c2ccc(-c3nc(-c4ccccc4)nc(-c4ccc5c(c4)oc4cccc(-c6ccccc6)c45)n3)c3ccccc23)cc1. The first kappa shape index (κ1) is 28.3. The lowest BCUT2D eigenvalue weighted by molar-refractivity contribution is 0.669. The number of hydrogen-bond donors (Lipinski definition) is 0. The molecule has 0 spiro atoms. The average molecular weight is 627 g/mol. The van der Waals surface area contributed by atoms with Crippen LogP contribution in [0.3, 0.4) is 0 Å². The van der Waals surface area contributed by atoms with Gasteiger partial charge in [-0.15, -0.1) is 0 Å². The lowest BCUT2D eigenvalue weighted by Crippen LogP contribution is -2.00. The van der Waals surface area contributed by atoms with E-state index in [9.17, 15) is 5.26 Å². The van der Waals surface area contributed by atoms with Gasteiger partial charge in [-0.05, 0) is 69.4 Å². The minimum Gasteiger partial charge on any atom is -0.456 e. The van der Waals surface area contributed by atoms with Gasteiger partial charge in [0, 0.05) is 27.5 Å². The van der Waals surface area contributed by atoms with Crippen LogP contribution in [0, 0.1) is 11.3 Å². The Morgan fingerprint density at radius 3 is 1.73 bits per heavy atom. The Kier molecular flexibility index (Phi) is 6.78. The Balaban J connectivity index is 1.22. The Labute approximate surface area is 282 Å². The summed E-state index contributed by atoms with van der Waals surface area (Å²) in [6.07, 6.45) is 0. The van der Waals surface area contributed by atoms with Gasteiger partial charge in [0.2, 0.25) is 0 Å². The summed E-state index contributed by atoms with van der Waals surface area (Å²) in [5.74, 6) is 1.74. The molecule has 5 heteroatoms. The van der Waals surface area contributed by atoms with Crippen molar-refractivity contribution in [3.05, 3.63) is 163 Å². The second-order valence-corrected chi connectivity index (χ2v) is 11.9. The highest BCUT2D eigenvalue weighted by molar-refractivity contribution is 6.13. The average Bonchev–Trinajstić information content (AvgIpc) is 3.56. The Hall–Kier alpha value is -6.90. The molecular formula is C44H26N4O. The van der Waals surface area contributed by atoms with Crippen molar-refractivity contribution in [1.29, 1.82) is 5.26 Å². The van der Waals surface area contributed by atoms with E-state index in [1.54, 1.807) is 0 Å². The van der Waals surface area contributed by atoms with Gasteiger partial charge < -0.3 is 4.42 Å². The number of rotatable bonds is 5. The largest absolute Gasteiger partial charge is 0.456 e. The molecule has 5 nitrogen and oxygen atoms in total. The summed E-state index contributed by atoms with van der Waals surface area (Å²) < 4.78 is 6.44. The molecule has 2 aromatic heterocycles. The Bertz CT molecular complexity index is 2710. The van der Waals surface area contributed by atoms with E-state index in [0.29, 0.717) is 23.0 Å². The zero-order chi connectivity index (χ0) is 32.7. The third kappa shape index (κ3) is 5.00. The van der Waals surface area contributed by atoms with Crippen LogP contribution in [0.25, 0.3) is 89.1 Å². The summed E-state index contributed by atoms with van der Waals surface area (Å²) in [7, 11) is 0. The monoisotopic (exact) mass is 626 g/mol. The molecule has 0 N–H and O–H groups in total. The third-order valence-electron chi connectivity index (χ3n) is 9.00. The van der Waals surface area contributed by atoms with E-state index in [0.717, 1.165) is 71.7 Å². The minimum absolute atomic E-state index is 0.565. The Morgan fingerprint density at radius 1 is 0.408 bits per heavy atom. The maximum atomic E-state index is 9.31. The second-order valence-electron chi connectivity index (χ2n) is 11.9. The van der Waals surface area contributed by atoms with Crippen molar-refractivity contribution < 1.29 is 4.42 Å². The molecule has 0 atom stereocenters. The molecule has 0 aliphatic heterocycles. The molecule has 9 aromatic rings. The van der Waals surface area contributed by atoms with E-state index in [-0.39, 0.29) is 0 Å². The first-order chi connectivity index (χ1) is 24.2. The summed E-state index contributed by atoms with van der Waals surface area (Å²) in [5, 5.41) is 13.5. The van der Waals surface area contributed by atoms with Crippen LogP contribution < -0.4 is 0 Å². The number of hydrogen-bond acceptors (Lipinski definition) is 5. The summed E-state index contributed by atoms with van der Waals surface area (Å²) in [6, 6.07) is 55.2. The Morgan fingerprint density at radius 2 is 1.00 bits per heavy atom. The van der Waals surface area contributed by atoms with Crippen molar-refractivity contribution in [3.8, 4) is 62.5 Å². The van der Waals surface area contributed by atoms with Gasteiger partial charge >= 0.3 is 0 Å². The van der Waals surface area contributed by atoms with Gasteiger partial charge in [0.1, 0.15) is 11.2 Å². The van der Waals surface area contributed by atoms with Crippen molar-refractivity contribution in [1.82, 2.24) is 15.0 Å². The number of furan rings is 1. The summed E-state index contributed by atoms with van der Waals surface area (Å²) >= 11 is 0. The van der Waals surface area contributed by atoms with Gasteiger partial charge in [0.15, 0.2) is 17.5 Å². The summed E-state index contributed by atoms with van der Waals surface area (Å²) in [6.45, 7) is 0. The van der Waals surface area contributed by atoms with E-state index >= 15 is 0 Å². The summed E-state index contributed by atoms with van der Waals surface area (Å²) in [5.41, 5.74) is 9.29. The smallest absolute Gasteiger partial charge is 0.164 e. The van der Waals surface area contributed by atoms with Crippen molar-refractivity contribution in [3.63, 3.8) is 0 Å². The molecule has 7 aromatic carbocycles. The standard InChI is InChI=1S/C44H26N4O/c45-27-28-18-20-30(21-19-28)33-24-25-37(36-15-8-7-14-35(33)36)44-47-42(31-12-5-2-6-13-31)46-43(48-44)32-22-23-38-40(26-32)49-39-17-9-16-34(41(38)39)29-10-3-1-4-11-29/h1-26H. The summed E-state index contributed by atoms with van der Waals surface area (Å²) in [4.78, 5) is 15.1. The van der Waals surface area contributed by atoms with Crippen LogP contribution in [0.2, 0.25) is 0 Å². The number of benzene rings is 7. The number of nitriles is 1. The number of aromatic nitrogens is 3. The van der Waals surface area contributed by atoms with Crippen LogP contribution in [0.1, 0.15) is 5.56 Å². The lowest BCUT2D eigenvalue weighted by atomic mass is 9.94. The zero-order valence-corrected chi connectivity index (χ0v) is 26.2. The normalized spacial score (nSPS) is 11.2. The van der Waals surface area contributed by atoms with E-state index in [2.05, 4.69) is 72.8 Å². The highest BCUT2D eigenvalue weighted by Gasteiger charge is 2.18. The molecule has 2 heterocycles. The fraction of sp³-hybridized carbons (Fsp3) is 0. The van der Waals surface area contributed by atoms with Crippen molar-refractivity contribution in [2.45, 2.75) is 0 Å². The number of nitrogens with zero attached hydrogens (tertiary/aromatic N) is 4. The number of fused-ring (bicyclic) bond motifs is 4. The third-order valence-corrected chi connectivity index (χ3v) is 9.00. The molecular weight excluding hydrogens is 601 g/mol. The predicted octanol–water partition coefficient (Wildman–Crippen LogP) is 11.1. The lowest BCUT2D eigenvalue weighted by Gasteiger charge is -2.13. The minimum atomic E-state index is 0.565. The fourth-order valence-corrected chi connectivity index (χ4v) is 6.64. The van der Waals surface area contributed by atoms with Crippen molar-refractivity contribution in [2.24, 2.45) is 0 Å². The molecule has 228 valence electrons. The highest BCUT2D eigenvalue weighted by atomic mass is 16.3. The van der Waals surface area contributed by atoms with Gasteiger partial charge in [-0.3, -0.25) is 0 Å². The molecule has 0 aliphatic carbocycles. The molecule has 0 unspecified atom stereocenters. The zero-order valence-electron chi connectivity index (χ0n) is 26.2. The van der Waals surface area contributed by atoms with Gasteiger partial charge in [-0.1, -0.05) is 121 Å². The maximum absolute atomic E-state index is 9.31. The van der Waals surface area contributed by atoms with Crippen LogP contribution in [0.5, 0.6) is 0 Å². The highest BCUT2D eigenvalue weighted by Crippen LogP contribution is 2.39. The van der Waals surface area contributed by atoms with Crippen LogP contribution in [0.4, 0.5) is 0 Å². The van der Waals surface area contributed by atoms with E-state index < -0.39 is 0 Å². The predicted molar refractivity (Wildman–Crippen MR) is 197 cm³/mol. The fourth-order valence-electron chi connectivity index (χ4n) is 6.64. The molecule has 0 amide bonds. The molecule has 0 bridgehead atoms. The van der Waals surface area contributed by atoms with Crippen molar-refractivity contribution in [2.75, 3.05) is 0 Å². The van der Waals surface area contributed by atoms with E-state index in [1.807, 2.05) is 91.0 Å².